The Hall–Kier alpha value is -0.413. The van der Waals surface area contributed by atoms with Crippen LogP contribution in [0.2, 0.25) is 18.1 Å². The van der Waals surface area contributed by atoms with E-state index in [-0.39, 0.29) is 11.1 Å². The fraction of sp³-hybridized carbons (Fsp3) is 0.769. The largest absolute Gasteiger partial charge is 0.411 e. The summed E-state index contributed by atoms with van der Waals surface area (Å²) >= 11 is 0. The second kappa shape index (κ2) is 4.84. The molecule has 2 atom stereocenters. The maximum Gasteiger partial charge on any atom is 0.192 e. The molecule has 2 nitrogen and oxygen atoms in total. The first-order chi connectivity index (χ1) is 7.26. The van der Waals surface area contributed by atoms with Gasteiger partial charge in [0, 0.05) is 6.42 Å². The second-order valence-corrected chi connectivity index (χ2v) is 11.0. The van der Waals surface area contributed by atoms with Crippen molar-refractivity contribution in [3.63, 3.8) is 0 Å². The zero-order valence-corrected chi connectivity index (χ0v) is 12.1. The van der Waals surface area contributed by atoms with E-state index < -0.39 is 8.32 Å². The summed E-state index contributed by atoms with van der Waals surface area (Å²) in [5.74, 6) is 0.396. The highest BCUT2D eigenvalue weighted by molar-refractivity contribution is 6.74. The molecule has 0 spiro atoms. The van der Waals surface area contributed by atoms with Crippen LogP contribution in [0.1, 0.15) is 33.6 Å². The molecule has 0 amide bonds. The lowest BCUT2D eigenvalue weighted by molar-refractivity contribution is -0.108. The van der Waals surface area contributed by atoms with Gasteiger partial charge >= 0.3 is 0 Å². The molecular formula is C13H24O2Si. The van der Waals surface area contributed by atoms with Crippen molar-refractivity contribution in [3.05, 3.63) is 12.2 Å². The molecule has 0 aliphatic heterocycles. The van der Waals surface area contributed by atoms with Gasteiger partial charge in [0.2, 0.25) is 0 Å². The Balaban J connectivity index is 2.52. The Kier molecular flexibility index (Phi) is 4.13. The number of aldehydes is 1. The standard InChI is InChI=1S/C13H24O2Si/c1-13(2,3)16(4,5)15-12-7-6-11(10-12)8-9-14/h6-7,9,11-12H,8,10H2,1-5H3/t11-,12-/m1/s1. The molecule has 0 radical (unpaired) electrons. The second-order valence-electron chi connectivity index (χ2n) is 6.20. The van der Waals surface area contributed by atoms with E-state index in [4.69, 9.17) is 4.43 Å². The van der Waals surface area contributed by atoms with E-state index in [1.54, 1.807) is 0 Å². The average molecular weight is 240 g/mol. The molecule has 3 heteroatoms. The van der Waals surface area contributed by atoms with Gasteiger partial charge in [0.05, 0.1) is 6.10 Å². The van der Waals surface area contributed by atoms with Crippen molar-refractivity contribution in [2.45, 2.75) is 57.8 Å². The van der Waals surface area contributed by atoms with Crippen molar-refractivity contribution in [1.82, 2.24) is 0 Å². The van der Waals surface area contributed by atoms with Gasteiger partial charge in [-0.05, 0) is 30.5 Å². The number of rotatable bonds is 4. The predicted molar refractivity (Wildman–Crippen MR) is 70.0 cm³/mol. The van der Waals surface area contributed by atoms with Gasteiger partial charge in [-0.15, -0.1) is 0 Å². The third-order valence-electron chi connectivity index (χ3n) is 3.78. The smallest absolute Gasteiger partial charge is 0.192 e. The van der Waals surface area contributed by atoms with E-state index in [0.29, 0.717) is 12.3 Å². The lowest BCUT2D eigenvalue weighted by Gasteiger charge is -2.38. The Morgan fingerprint density at radius 2 is 2.00 bits per heavy atom. The molecule has 0 N–H and O–H groups in total. The molecule has 0 aromatic carbocycles. The first-order valence-electron chi connectivity index (χ1n) is 6.06. The Morgan fingerprint density at radius 3 is 2.50 bits per heavy atom. The van der Waals surface area contributed by atoms with E-state index in [1.165, 1.54) is 0 Å². The molecule has 0 aromatic heterocycles. The van der Waals surface area contributed by atoms with E-state index in [0.717, 1.165) is 12.7 Å². The SMILES string of the molecule is CC(C)(C)[Si](C)(C)O[C@@H]1C=C[C@H](CC=O)C1. The van der Waals surface area contributed by atoms with Crippen molar-refractivity contribution in [1.29, 1.82) is 0 Å². The van der Waals surface area contributed by atoms with Crippen LogP contribution < -0.4 is 0 Å². The van der Waals surface area contributed by atoms with Crippen molar-refractivity contribution in [2.75, 3.05) is 0 Å². The van der Waals surface area contributed by atoms with Gasteiger partial charge in [0.25, 0.3) is 0 Å². The van der Waals surface area contributed by atoms with Gasteiger partial charge in [-0.25, -0.2) is 0 Å². The highest BCUT2D eigenvalue weighted by Gasteiger charge is 2.39. The monoisotopic (exact) mass is 240 g/mol. The molecular weight excluding hydrogens is 216 g/mol. The molecule has 0 unspecified atom stereocenters. The fourth-order valence-electron chi connectivity index (χ4n) is 1.68. The molecule has 0 fully saturated rings. The minimum Gasteiger partial charge on any atom is -0.411 e. The zero-order valence-electron chi connectivity index (χ0n) is 11.1. The topological polar surface area (TPSA) is 26.3 Å². The average Bonchev–Trinajstić information content (AvgIpc) is 2.50. The molecule has 0 saturated heterocycles. The van der Waals surface area contributed by atoms with Crippen LogP contribution in [0.3, 0.4) is 0 Å². The maximum atomic E-state index is 10.4. The highest BCUT2D eigenvalue weighted by atomic mass is 28.4. The van der Waals surface area contributed by atoms with Crippen molar-refractivity contribution >= 4 is 14.6 Å². The van der Waals surface area contributed by atoms with Gasteiger partial charge in [0.1, 0.15) is 6.29 Å². The molecule has 92 valence electrons. The van der Waals surface area contributed by atoms with Gasteiger partial charge in [-0.3, -0.25) is 0 Å². The van der Waals surface area contributed by atoms with Gasteiger partial charge in [-0.2, -0.15) is 0 Å². The van der Waals surface area contributed by atoms with Crippen LogP contribution in [0.5, 0.6) is 0 Å². The summed E-state index contributed by atoms with van der Waals surface area (Å²) in [5.41, 5.74) is 0. The summed E-state index contributed by atoms with van der Waals surface area (Å²) in [4.78, 5) is 10.4. The van der Waals surface area contributed by atoms with Gasteiger partial charge < -0.3 is 9.22 Å². The van der Waals surface area contributed by atoms with E-state index in [1.807, 2.05) is 0 Å². The van der Waals surface area contributed by atoms with Gasteiger partial charge in [-0.1, -0.05) is 32.9 Å². The predicted octanol–water partition coefficient (Wildman–Crippen LogP) is 3.54. The first kappa shape index (κ1) is 13.7. The number of allylic oxidation sites excluding steroid dienone is 1. The lowest BCUT2D eigenvalue weighted by atomic mass is 10.1. The molecule has 1 aliphatic carbocycles. The summed E-state index contributed by atoms with van der Waals surface area (Å²) in [6, 6.07) is 0. The molecule has 0 heterocycles. The minimum absolute atomic E-state index is 0.228. The number of carbonyl (C=O) groups excluding carboxylic acids is 1. The fourth-order valence-corrected chi connectivity index (χ4v) is 2.96. The Labute approximate surface area is 100 Å². The molecule has 0 saturated carbocycles. The van der Waals surface area contributed by atoms with Crippen LogP contribution in [-0.4, -0.2) is 20.7 Å². The van der Waals surface area contributed by atoms with Crippen LogP contribution in [-0.2, 0) is 9.22 Å². The third kappa shape index (κ3) is 3.29. The van der Waals surface area contributed by atoms with E-state index in [2.05, 4.69) is 46.0 Å². The lowest BCUT2D eigenvalue weighted by Crippen LogP contribution is -2.43. The normalized spacial score (nSPS) is 26.1. The number of carbonyl (C=O) groups is 1. The molecule has 1 aliphatic rings. The van der Waals surface area contributed by atoms with Crippen LogP contribution in [0, 0.1) is 5.92 Å². The molecule has 0 aromatic rings. The Bertz CT molecular complexity index is 276. The molecule has 0 bridgehead atoms. The van der Waals surface area contributed by atoms with Crippen molar-refractivity contribution in [2.24, 2.45) is 5.92 Å². The van der Waals surface area contributed by atoms with Crippen molar-refractivity contribution in [3.8, 4) is 0 Å². The highest BCUT2D eigenvalue weighted by Crippen LogP contribution is 2.39. The minimum atomic E-state index is -1.66. The summed E-state index contributed by atoms with van der Waals surface area (Å²) in [6.45, 7) is 11.3. The van der Waals surface area contributed by atoms with Crippen LogP contribution in [0.15, 0.2) is 12.2 Å². The summed E-state index contributed by atoms with van der Waals surface area (Å²) in [6.07, 6.45) is 7.11. The summed E-state index contributed by atoms with van der Waals surface area (Å²) < 4.78 is 6.28. The molecule has 1 rings (SSSR count). The molecule has 16 heavy (non-hydrogen) atoms. The van der Waals surface area contributed by atoms with E-state index >= 15 is 0 Å². The van der Waals surface area contributed by atoms with Gasteiger partial charge in [0.15, 0.2) is 8.32 Å². The summed E-state index contributed by atoms with van der Waals surface area (Å²) in [7, 11) is -1.66. The van der Waals surface area contributed by atoms with E-state index in [9.17, 15) is 4.79 Å². The zero-order chi connectivity index (χ0) is 12.4. The third-order valence-corrected chi connectivity index (χ3v) is 8.29. The van der Waals surface area contributed by atoms with Crippen LogP contribution in [0.25, 0.3) is 0 Å². The van der Waals surface area contributed by atoms with Crippen LogP contribution in [0.4, 0.5) is 0 Å². The maximum absolute atomic E-state index is 10.4. The summed E-state index contributed by atoms with van der Waals surface area (Å²) in [5, 5.41) is 0.254. The van der Waals surface area contributed by atoms with Crippen molar-refractivity contribution < 1.29 is 9.22 Å². The van der Waals surface area contributed by atoms with Crippen LogP contribution >= 0.6 is 0 Å². The quantitative estimate of drug-likeness (QED) is 0.427. The number of hydrogen-bond acceptors (Lipinski definition) is 2. The Morgan fingerprint density at radius 1 is 1.38 bits per heavy atom. The first-order valence-corrected chi connectivity index (χ1v) is 8.97. The number of hydrogen-bond donors (Lipinski definition) is 0.